The molecule has 0 saturated carbocycles. The Hall–Kier alpha value is -1.62. The first-order valence-corrected chi connectivity index (χ1v) is 5.40. The van der Waals surface area contributed by atoms with Crippen LogP contribution in [0.5, 0.6) is 0 Å². The number of carbonyl (C=O) groups excluding carboxylic acids is 1. The Morgan fingerprint density at radius 1 is 1.53 bits per heavy atom. The van der Waals surface area contributed by atoms with Crippen LogP contribution in [-0.2, 0) is 0 Å². The third-order valence-corrected chi connectivity index (χ3v) is 2.27. The summed E-state index contributed by atoms with van der Waals surface area (Å²) in [6, 6.07) is 3.76. The Bertz CT molecular complexity index is 407. The monoisotopic (exact) mass is 239 g/mol. The van der Waals surface area contributed by atoms with Crippen LogP contribution in [0.2, 0.25) is 0 Å². The predicted octanol–water partition coefficient (Wildman–Crippen LogP) is 1.09. The number of hydrogen-bond donors (Lipinski definition) is 2. The van der Waals surface area contributed by atoms with Crippen molar-refractivity contribution in [3.05, 3.63) is 29.6 Å². The summed E-state index contributed by atoms with van der Waals surface area (Å²) < 4.78 is 12.8. The predicted molar refractivity (Wildman–Crippen MR) is 66.3 cm³/mol. The summed E-state index contributed by atoms with van der Waals surface area (Å²) in [7, 11) is 3.85. The average Bonchev–Trinajstić information content (AvgIpc) is 2.15. The zero-order valence-electron chi connectivity index (χ0n) is 10.3. The minimum absolute atomic E-state index is 0.00181. The molecule has 0 radical (unpaired) electrons. The molecule has 5 heteroatoms. The van der Waals surface area contributed by atoms with Crippen LogP contribution < -0.4 is 11.1 Å². The lowest BCUT2D eigenvalue weighted by molar-refractivity contribution is 0.0935. The molecule has 0 aliphatic heterocycles. The van der Waals surface area contributed by atoms with Crippen LogP contribution in [0, 0.1) is 5.82 Å². The highest BCUT2D eigenvalue weighted by molar-refractivity contribution is 5.99. The molecule has 0 aliphatic carbocycles. The van der Waals surface area contributed by atoms with Crippen molar-refractivity contribution < 1.29 is 9.18 Å². The maximum absolute atomic E-state index is 12.8. The third kappa shape index (κ3) is 4.03. The SMILES string of the molecule is CC(CN(C)C)NC(=O)c1ccc(F)cc1N. The number of anilines is 1. The van der Waals surface area contributed by atoms with Crippen molar-refractivity contribution in [1.29, 1.82) is 0 Å². The molecule has 0 fully saturated rings. The maximum atomic E-state index is 12.8. The first-order valence-electron chi connectivity index (χ1n) is 5.40. The number of rotatable bonds is 4. The van der Waals surface area contributed by atoms with E-state index in [0.717, 1.165) is 12.6 Å². The summed E-state index contributed by atoms with van der Waals surface area (Å²) in [5.74, 6) is -0.725. The molecule has 17 heavy (non-hydrogen) atoms. The van der Waals surface area contributed by atoms with Gasteiger partial charge in [-0.2, -0.15) is 0 Å². The molecule has 0 bridgehead atoms. The first kappa shape index (κ1) is 13.4. The van der Waals surface area contributed by atoms with Crippen LogP contribution in [-0.4, -0.2) is 37.5 Å². The van der Waals surface area contributed by atoms with Crippen molar-refractivity contribution in [3.63, 3.8) is 0 Å². The van der Waals surface area contributed by atoms with Gasteiger partial charge in [0.05, 0.1) is 5.56 Å². The molecule has 1 rings (SSSR count). The van der Waals surface area contributed by atoms with Gasteiger partial charge in [-0.3, -0.25) is 4.79 Å². The highest BCUT2D eigenvalue weighted by Crippen LogP contribution is 2.13. The molecule has 4 nitrogen and oxygen atoms in total. The topological polar surface area (TPSA) is 58.4 Å². The molecule has 0 spiro atoms. The molecule has 1 atom stereocenters. The summed E-state index contributed by atoms with van der Waals surface area (Å²) in [5.41, 5.74) is 6.04. The Morgan fingerprint density at radius 2 is 2.18 bits per heavy atom. The summed E-state index contributed by atoms with van der Waals surface area (Å²) >= 11 is 0. The fourth-order valence-electron chi connectivity index (χ4n) is 1.64. The first-order chi connectivity index (χ1) is 7.90. The summed E-state index contributed by atoms with van der Waals surface area (Å²) in [4.78, 5) is 13.8. The van der Waals surface area contributed by atoms with Crippen LogP contribution in [0.3, 0.4) is 0 Å². The summed E-state index contributed by atoms with van der Waals surface area (Å²) in [5, 5.41) is 2.80. The van der Waals surface area contributed by atoms with Crippen molar-refractivity contribution in [2.24, 2.45) is 0 Å². The number of likely N-dealkylation sites (N-methyl/N-ethyl adjacent to an activating group) is 1. The van der Waals surface area contributed by atoms with E-state index in [9.17, 15) is 9.18 Å². The van der Waals surface area contributed by atoms with Crippen LogP contribution in [0.25, 0.3) is 0 Å². The molecule has 0 aromatic heterocycles. The van der Waals surface area contributed by atoms with Crippen LogP contribution in [0.4, 0.5) is 10.1 Å². The molecule has 1 aromatic carbocycles. The van der Waals surface area contributed by atoms with Gasteiger partial charge in [-0.25, -0.2) is 4.39 Å². The van der Waals surface area contributed by atoms with Gasteiger partial charge in [0.1, 0.15) is 5.82 Å². The number of nitrogens with one attached hydrogen (secondary N) is 1. The second-order valence-electron chi connectivity index (χ2n) is 4.37. The van der Waals surface area contributed by atoms with E-state index in [2.05, 4.69) is 5.32 Å². The molecule has 1 aromatic rings. The normalized spacial score (nSPS) is 12.5. The molecular formula is C12H18FN3O. The van der Waals surface area contributed by atoms with E-state index in [1.807, 2.05) is 25.9 Å². The van der Waals surface area contributed by atoms with Gasteiger partial charge in [0.15, 0.2) is 0 Å². The summed E-state index contributed by atoms with van der Waals surface area (Å²) in [6.07, 6.45) is 0. The highest BCUT2D eigenvalue weighted by Gasteiger charge is 2.13. The van der Waals surface area contributed by atoms with Gasteiger partial charge in [-0.1, -0.05) is 0 Å². The summed E-state index contributed by atoms with van der Waals surface area (Å²) in [6.45, 7) is 2.63. The maximum Gasteiger partial charge on any atom is 0.253 e. The number of nitrogens with zero attached hydrogens (tertiary/aromatic N) is 1. The number of nitrogen functional groups attached to an aromatic ring is 1. The van der Waals surface area contributed by atoms with Crippen molar-refractivity contribution in [1.82, 2.24) is 10.2 Å². The largest absolute Gasteiger partial charge is 0.398 e. The minimum Gasteiger partial charge on any atom is -0.398 e. The smallest absolute Gasteiger partial charge is 0.253 e. The molecular weight excluding hydrogens is 221 g/mol. The molecule has 1 amide bonds. The number of nitrogens with two attached hydrogens (primary N) is 1. The number of halogens is 1. The molecule has 1 unspecified atom stereocenters. The lowest BCUT2D eigenvalue weighted by Crippen LogP contribution is -2.39. The van der Waals surface area contributed by atoms with Gasteiger partial charge in [0.2, 0.25) is 0 Å². The zero-order chi connectivity index (χ0) is 13.0. The fraction of sp³-hybridized carbons (Fsp3) is 0.417. The van der Waals surface area contributed by atoms with E-state index in [1.165, 1.54) is 12.1 Å². The number of benzene rings is 1. The van der Waals surface area contributed by atoms with E-state index < -0.39 is 5.82 Å². The molecule has 0 heterocycles. The van der Waals surface area contributed by atoms with E-state index >= 15 is 0 Å². The third-order valence-electron chi connectivity index (χ3n) is 2.27. The Morgan fingerprint density at radius 3 is 2.71 bits per heavy atom. The van der Waals surface area contributed by atoms with E-state index in [4.69, 9.17) is 5.73 Å². The van der Waals surface area contributed by atoms with E-state index in [1.54, 1.807) is 0 Å². The van der Waals surface area contributed by atoms with Gasteiger partial charge < -0.3 is 16.0 Å². The standard InChI is InChI=1S/C12H18FN3O/c1-8(7-16(2)3)15-12(17)10-5-4-9(13)6-11(10)14/h4-6,8H,7,14H2,1-3H3,(H,15,17). The van der Waals surface area contributed by atoms with E-state index in [-0.39, 0.29) is 17.6 Å². The quantitative estimate of drug-likeness (QED) is 0.773. The van der Waals surface area contributed by atoms with Crippen LogP contribution >= 0.6 is 0 Å². The van der Waals surface area contributed by atoms with Gasteiger partial charge >= 0.3 is 0 Å². The fourth-order valence-corrected chi connectivity index (χ4v) is 1.64. The zero-order valence-corrected chi connectivity index (χ0v) is 10.3. The Balaban J connectivity index is 2.70. The Kier molecular flexibility index (Phi) is 4.45. The second kappa shape index (κ2) is 5.63. The minimum atomic E-state index is -0.444. The van der Waals surface area contributed by atoms with Crippen molar-refractivity contribution >= 4 is 11.6 Å². The lowest BCUT2D eigenvalue weighted by Gasteiger charge is -2.18. The van der Waals surface area contributed by atoms with Crippen molar-refractivity contribution in [2.45, 2.75) is 13.0 Å². The Labute approximate surface area is 101 Å². The molecule has 94 valence electrons. The van der Waals surface area contributed by atoms with Crippen molar-refractivity contribution in [3.8, 4) is 0 Å². The molecule has 3 N–H and O–H groups in total. The number of hydrogen-bond acceptors (Lipinski definition) is 3. The number of amides is 1. The molecule has 0 saturated heterocycles. The van der Waals surface area contributed by atoms with Crippen LogP contribution in [0.1, 0.15) is 17.3 Å². The van der Waals surface area contributed by atoms with Crippen molar-refractivity contribution in [2.75, 3.05) is 26.4 Å². The second-order valence-corrected chi connectivity index (χ2v) is 4.37. The average molecular weight is 239 g/mol. The van der Waals surface area contributed by atoms with Gasteiger partial charge in [-0.05, 0) is 39.2 Å². The number of carbonyl (C=O) groups is 1. The van der Waals surface area contributed by atoms with Gasteiger partial charge in [0, 0.05) is 18.3 Å². The van der Waals surface area contributed by atoms with Gasteiger partial charge in [-0.15, -0.1) is 0 Å². The van der Waals surface area contributed by atoms with E-state index in [0.29, 0.717) is 5.56 Å². The van der Waals surface area contributed by atoms with Gasteiger partial charge in [0.25, 0.3) is 5.91 Å². The van der Waals surface area contributed by atoms with Crippen LogP contribution in [0.15, 0.2) is 18.2 Å². The lowest BCUT2D eigenvalue weighted by atomic mass is 10.1. The highest BCUT2D eigenvalue weighted by atomic mass is 19.1. The molecule has 0 aliphatic rings.